The predicted octanol–water partition coefficient (Wildman–Crippen LogP) is 4.03. The van der Waals surface area contributed by atoms with Crippen LogP contribution in [0.5, 0.6) is 0 Å². The molecule has 35 heavy (non-hydrogen) atoms. The van der Waals surface area contributed by atoms with Crippen LogP contribution in [0, 0.1) is 0 Å². The van der Waals surface area contributed by atoms with Crippen LogP contribution in [0.2, 0.25) is 0 Å². The normalized spacial score (nSPS) is 15.1. The van der Waals surface area contributed by atoms with Gasteiger partial charge in [0, 0.05) is 19.7 Å². The van der Waals surface area contributed by atoms with E-state index in [4.69, 9.17) is 13.9 Å². The Balaban J connectivity index is 1.42. The summed E-state index contributed by atoms with van der Waals surface area (Å²) in [4.78, 5) is 29.9. The van der Waals surface area contributed by atoms with E-state index in [1.54, 1.807) is 22.1 Å². The van der Waals surface area contributed by atoms with Crippen LogP contribution in [0.4, 0.5) is 0 Å². The van der Waals surface area contributed by atoms with Gasteiger partial charge < -0.3 is 23.7 Å². The summed E-state index contributed by atoms with van der Waals surface area (Å²) in [5.41, 5.74) is 2.00. The van der Waals surface area contributed by atoms with Crippen molar-refractivity contribution in [2.75, 3.05) is 26.3 Å². The number of amides is 2. The van der Waals surface area contributed by atoms with Crippen LogP contribution in [-0.2, 0) is 38.8 Å². The number of hydrogen-bond acceptors (Lipinski definition) is 5. The minimum Gasteiger partial charge on any atom is -0.467 e. The maximum atomic E-state index is 13.5. The lowest BCUT2D eigenvalue weighted by Crippen LogP contribution is -2.46. The van der Waals surface area contributed by atoms with Crippen LogP contribution < -0.4 is 0 Å². The number of carbonyl (C=O) groups is 2. The van der Waals surface area contributed by atoms with Gasteiger partial charge in [0.2, 0.25) is 11.8 Å². The molecule has 4 rings (SSSR count). The predicted molar refractivity (Wildman–Crippen MR) is 131 cm³/mol. The molecule has 0 radical (unpaired) electrons. The highest BCUT2D eigenvalue weighted by Crippen LogP contribution is 2.16. The molecule has 184 valence electrons. The highest BCUT2D eigenvalue weighted by molar-refractivity contribution is 5.85. The molecule has 1 aliphatic rings. The fourth-order valence-corrected chi connectivity index (χ4v) is 4.10. The van der Waals surface area contributed by atoms with Crippen molar-refractivity contribution in [3.8, 4) is 0 Å². The second-order valence-corrected chi connectivity index (χ2v) is 8.70. The molecule has 0 aliphatic carbocycles. The zero-order valence-corrected chi connectivity index (χ0v) is 19.9. The van der Waals surface area contributed by atoms with Gasteiger partial charge in [-0.15, -0.1) is 0 Å². The Hall–Kier alpha value is -3.42. The summed E-state index contributed by atoms with van der Waals surface area (Å²) in [6, 6.07) is 23.2. The molecule has 3 aromatic rings. The van der Waals surface area contributed by atoms with Crippen LogP contribution in [0.15, 0.2) is 83.5 Å². The Bertz CT molecular complexity index is 1030. The standard InChI is InChI=1S/C28H32N2O5/c31-27(29(18-25-13-7-15-34-25)17-23-9-3-1-4-10-23)20-30(19-26-14-8-16-35-26)28(32)22-33-21-24-11-5-2-6-12-24/h1-7,9-13,15,26H,8,14,16-22H2. The smallest absolute Gasteiger partial charge is 0.249 e. The van der Waals surface area contributed by atoms with Gasteiger partial charge in [-0.1, -0.05) is 60.7 Å². The molecule has 0 saturated carbocycles. The zero-order valence-electron chi connectivity index (χ0n) is 19.9. The van der Waals surface area contributed by atoms with E-state index in [1.165, 1.54) is 0 Å². The molecule has 7 heteroatoms. The van der Waals surface area contributed by atoms with Crippen molar-refractivity contribution in [2.24, 2.45) is 0 Å². The van der Waals surface area contributed by atoms with Crippen molar-refractivity contribution in [1.82, 2.24) is 9.80 Å². The van der Waals surface area contributed by atoms with Crippen LogP contribution >= 0.6 is 0 Å². The molecule has 0 bridgehead atoms. The Morgan fingerprint density at radius 3 is 2.26 bits per heavy atom. The molecular weight excluding hydrogens is 444 g/mol. The van der Waals surface area contributed by atoms with Gasteiger partial charge in [0.1, 0.15) is 12.4 Å². The monoisotopic (exact) mass is 476 g/mol. The summed E-state index contributed by atoms with van der Waals surface area (Å²) in [7, 11) is 0. The number of rotatable bonds is 12. The summed E-state index contributed by atoms with van der Waals surface area (Å²) in [6.45, 7) is 2.02. The SMILES string of the molecule is O=C(CN(CC1CCCO1)C(=O)COCc1ccccc1)N(Cc1ccccc1)Cc1ccco1. The van der Waals surface area contributed by atoms with Crippen molar-refractivity contribution in [2.45, 2.75) is 38.6 Å². The Morgan fingerprint density at radius 2 is 1.60 bits per heavy atom. The molecule has 2 amide bonds. The first-order chi connectivity index (χ1) is 17.2. The topological polar surface area (TPSA) is 72.2 Å². The van der Waals surface area contributed by atoms with Gasteiger partial charge in [0.25, 0.3) is 0 Å². The minimum absolute atomic E-state index is 0.0407. The quantitative estimate of drug-likeness (QED) is 0.395. The summed E-state index contributed by atoms with van der Waals surface area (Å²) >= 11 is 0. The highest BCUT2D eigenvalue weighted by atomic mass is 16.5. The van der Waals surface area contributed by atoms with Gasteiger partial charge in [-0.3, -0.25) is 9.59 Å². The lowest BCUT2D eigenvalue weighted by atomic mass is 10.2. The minimum atomic E-state index is -0.220. The summed E-state index contributed by atoms with van der Waals surface area (Å²) < 4.78 is 16.9. The first-order valence-electron chi connectivity index (χ1n) is 12.0. The molecule has 1 atom stereocenters. The lowest BCUT2D eigenvalue weighted by molar-refractivity contribution is -0.145. The number of nitrogens with zero attached hydrogens (tertiary/aromatic N) is 2. The molecule has 2 aromatic carbocycles. The van der Waals surface area contributed by atoms with Gasteiger partial charge in [-0.25, -0.2) is 0 Å². The van der Waals surface area contributed by atoms with Crippen molar-refractivity contribution < 1.29 is 23.5 Å². The van der Waals surface area contributed by atoms with Crippen molar-refractivity contribution >= 4 is 11.8 Å². The van der Waals surface area contributed by atoms with E-state index in [0.717, 1.165) is 24.0 Å². The third kappa shape index (κ3) is 7.80. The second-order valence-electron chi connectivity index (χ2n) is 8.70. The van der Waals surface area contributed by atoms with Gasteiger partial charge in [0.05, 0.1) is 32.1 Å². The van der Waals surface area contributed by atoms with E-state index in [1.807, 2.05) is 66.7 Å². The fraction of sp³-hybridized carbons (Fsp3) is 0.357. The molecule has 1 unspecified atom stereocenters. The molecule has 0 spiro atoms. The maximum absolute atomic E-state index is 13.5. The molecule has 1 fully saturated rings. The van der Waals surface area contributed by atoms with Crippen LogP contribution in [-0.4, -0.2) is 54.0 Å². The molecule has 1 aromatic heterocycles. The van der Waals surface area contributed by atoms with Crippen LogP contribution in [0.25, 0.3) is 0 Å². The highest BCUT2D eigenvalue weighted by Gasteiger charge is 2.27. The first kappa shape index (κ1) is 24.7. The average Bonchev–Trinajstić information content (AvgIpc) is 3.59. The molecule has 1 saturated heterocycles. The first-order valence-corrected chi connectivity index (χ1v) is 12.0. The van der Waals surface area contributed by atoms with Gasteiger partial charge in [0.15, 0.2) is 0 Å². The molecule has 2 heterocycles. The van der Waals surface area contributed by atoms with E-state index in [-0.39, 0.29) is 31.1 Å². The molecular formula is C28H32N2O5. The lowest BCUT2D eigenvalue weighted by Gasteiger charge is -2.29. The Morgan fingerprint density at radius 1 is 0.857 bits per heavy atom. The number of ether oxygens (including phenoxy) is 2. The number of furan rings is 1. The third-order valence-corrected chi connectivity index (χ3v) is 5.96. The molecule has 1 aliphatic heterocycles. The summed E-state index contributed by atoms with van der Waals surface area (Å²) in [6.07, 6.45) is 3.37. The molecule has 7 nitrogen and oxygen atoms in total. The average molecular weight is 477 g/mol. The van der Waals surface area contributed by atoms with Gasteiger partial charge in [-0.05, 0) is 36.1 Å². The van der Waals surface area contributed by atoms with Crippen LogP contribution in [0.3, 0.4) is 0 Å². The zero-order chi connectivity index (χ0) is 24.3. The third-order valence-electron chi connectivity index (χ3n) is 5.96. The van der Waals surface area contributed by atoms with E-state index in [9.17, 15) is 9.59 Å². The Labute approximate surface area is 206 Å². The summed E-state index contributed by atoms with van der Waals surface area (Å²) in [5, 5.41) is 0. The van der Waals surface area contributed by atoms with Crippen molar-refractivity contribution in [3.63, 3.8) is 0 Å². The van der Waals surface area contributed by atoms with E-state index >= 15 is 0 Å². The van der Waals surface area contributed by atoms with Crippen molar-refractivity contribution in [3.05, 3.63) is 95.9 Å². The maximum Gasteiger partial charge on any atom is 0.249 e. The molecule has 0 N–H and O–H groups in total. The van der Waals surface area contributed by atoms with Gasteiger partial charge >= 0.3 is 0 Å². The van der Waals surface area contributed by atoms with Crippen LogP contribution in [0.1, 0.15) is 29.7 Å². The Kier molecular flexibility index (Phi) is 9.09. The van der Waals surface area contributed by atoms with Crippen molar-refractivity contribution in [1.29, 1.82) is 0 Å². The van der Waals surface area contributed by atoms with E-state index in [2.05, 4.69) is 0 Å². The van der Waals surface area contributed by atoms with E-state index < -0.39 is 0 Å². The number of hydrogen-bond donors (Lipinski definition) is 0. The fourth-order valence-electron chi connectivity index (χ4n) is 4.10. The van der Waals surface area contributed by atoms with Gasteiger partial charge in [-0.2, -0.15) is 0 Å². The second kappa shape index (κ2) is 12.9. The summed E-state index contributed by atoms with van der Waals surface area (Å²) in [5.74, 6) is 0.319. The number of benzene rings is 2. The van der Waals surface area contributed by atoms with E-state index in [0.29, 0.717) is 38.6 Å². The largest absolute Gasteiger partial charge is 0.467 e. The number of carbonyl (C=O) groups excluding carboxylic acids is 2.